The van der Waals surface area contributed by atoms with E-state index in [4.69, 9.17) is 0 Å². The summed E-state index contributed by atoms with van der Waals surface area (Å²) >= 11 is 0. The van der Waals surface area contributed by atoms with Crippen LogP contribution >= 0.6 is 0 Å². The quantitative estimate of drug-likeness (QED) is 0.780. The zero-order valence-corrected chi connectivity index (χ0v) is 13.9. The van der Waals surface area contributed by atoms with Gasteiger partial charge in [-0.1, -0.05) is 39.0 Å². The summed E-state index contributed by atoms with van der Waals surface area (Å²) in [6.07, 6.45) is 9.13. The van der Waals surface area contributed by atoms with Gasteiger partial charge in [-0.2, -0.15) is 0 Å². The summed E-state index contributed by atoms with van der Waals surface area (Å²) in [4.78, 5) is 38.4. The van der Waals surface area contributed by atoms with Crippen molar-refractivity contribution in [3.63, 3.8) is 0 Å². The molecule has 1 saturated heterocycles. The van der Waals surface area contributed by atoms with E-state index >= 15 is 0 Å². The van der Waals surface area contributed by atoms with Crippen molar-refractivity contribution in [1.29, 1.82) is 0 Å². The first-order chi connectivity index (χ1) is 11.0. The van der Waals surface area contributed by atoms with Gasteiger partial charge in [-0.3, -0.25) is 14.5 Å². The van der Waals surface area contributed by atoms with Crippen molar-refractivity contribution >= 4 is 17.8 Å². The number of imide groups is 1. The first-order valence-electron chi connectivity index (χ1n) is 8.96. The van der Waals surface area contributed by atoms with Crippen molar-refractivity contribution in [2.24, 2.45) is 5.92 Å². The topological polar surface area (TPSA) is 78.5 Å². The lowest BCUT2D eigenvalue weighted by Gasteiger charge is -2.36. The summed E-state index contributed by atoms with van der Waals surface area (Å²) in [5, 5.41) is 5.86. The molecule has 1 aliphatic heterocycles. The molecule has 6 nitrogen and oxygen atoms in total. The predicted molar refractivity (Wildman–Crippen MR) is 85.6 cm³/mol. The van der Waals surface area contributed by atoms with Crippen LogP contribution in [0.15, 0.2) is 0 Å². The molecule has 1 spiro atoms. The Morgan fingerprint density at radius 2 is 1.87 bits per heavy atom. The lowest BCUT2D eigenvalue weighted by atomic mass is 9.73. The Kier molecular flexibility index (Phi) is 4.60. The lowest BCUT2D eigenvalue weighted by molar-refractivity contribution is -0.137. The SMILES string of the molecule is C[C@H]1CCCC[C@@]12NC(=O)N(CC(=O)NC1CCCCC1)C2=O. The van der Waals surface area contributed by atoms with Gasteiger partial charge >= 0.3 is 6.03 Å². The fraction of sp³-hybridized carbons (Fsp3) is 0.824. The number of hydrogen-bond donors (Lipinski definition) is 2. The Morgan fingerprint density at radius 3 is 2.57 bits per heavy atom. The van der Waals surface area contributed by atoms with Gasteiger partial charge in [0.2, 0.25) is 5.91 Å². The van der Waals surface area contributed by atoms with Crippen LogP contribution in [0.25, 0.3) is 0 Å². The Morgan fingerprint density at radius 1 is 1.17 bits per heavy atom. The van der Waals surface area contributed by atoms with Gasteiger partial charge < -0.3 is 10.6 Å². The van der Waals surface area contributed by atoms with Crippen molar-refractivity contribution in [3.8, 4) is 0 Å². The molecule has 0 bridgehead atoms. The van der Waals surface area contributed by atoms with E-state index in [0.29, 0.717) is 6.42 Å². The van der Waals surface area contributed by atoms with Crippen LogP contribution in [0, 0.1) is 5.92 Å². The second kappa shape index (κ2) is 6.49. The summed E-state index contributed by atoms with van der Waals surface area (Å²) in [5.41, 5.74) is -0.777. The molecular formula is C17H27N3O3. The van der Waals surface area contributed by atoms with Gasteiger partial charge in [-0.05, 0) is 31.6 Å². The first-order valence-corrected chi connectivity index (χ1v) is 8.96. The highest BCUT2D eigenvalue weighted by Gasteiger charge is 2.55. The molecule has 6 heteroatoms. The minimum Gasteiger partial charge on any atom is -0.352 e. The standard InChI is InChI=1S/C17H27N3O3/c1-12-7-5-6-10-17(12)15(22)20(16(23)19-17)11-14(21)18-13-8-3-2-4-9-13/h12-13H,2-11H2,1H3,(H,18,21)(H,19,23)/t12-,17+/m0/s1. The van der Waals surface area contributed by atoms with Crippen LogP contribution < -0.4 is 10.6 Å². The molecule has 1 heterocycles. The van der Waals surface area contributed by atoms with Crippen molar-refractivity contribution in [3.05, 3.63) is 0 Å². The number of hydrogen-bond acceptors (Lipinski definition) is 3. The summed E-state index contributed by atoms with van der Waals surface area (Å²) in [6.45, 7) is 1.86. The molecule has 3 fully saturated rings. The van der Waals surface area contributed by atoms with Crippen LogP contribution in [0.4, 0.5) is 4.79 Å². The molecule has 128 valence electrons. The normalized spacial score (nSPS) is 32.2. The van der Waals surface area contributed by atoms with Crippen LogP contribution in [0.2, 0.25) is 0 Å². The van der Waals surface area contributed by atoms with E-state index in [-0.39, 0.29) is 30.3 Å². The molecule has 4 amide bonds. The Bertz CT molecular complexity index is 501. The van der Waals surface area contributed by atoms with Gasteiger partial charge in [0.25, 0.3) is 5.91 Å². The van der Waals surface area contributed by atoms with Gasteiger partial charge in [0.1, 0.15) is 12.1 Å². The van der Waals surface area contributed by atoms with Gasteiger partial charge in [-0.15, -0.1) is 0 Å². The summed E-state index contributed by atoms with van der Waals surface area (Å²) in [5.74, 6) is -0.312. The number of urea groups is 1. The second-order valence-corrected chi connectivity index (χ2v) is 7.34. The maximum Gasteiger partial charge on any atom is 0.325 e. The van der Waals surface area contributed by atoms with Crippen LogP contribution in [0.1, 0.15) is 64.7 Å². The molecule has 3 aliphatic rings. The van der Waals surface area contributed by atoms with E-state index in [1.54, 1.807) is 0 Å². The van der Waals surface area contributed by atoms with Crippen molar-refractivity contribution in [2.45, 2.75) is 76.3 Å². The predicted octanol–water partition coefficient (Wildman–Crippen LogP) is 1.94. The Hall–Kier alpha value is -1.59. The molecule has 3 rings (SSSR count). The third kappa shape index (κ3) is 3.08. The summed E-state index contributed by atoms with van der Waals surface area (Å²) < 4.78 is 0. The van der Waals surface area contributed by atoms with E-state index < -0.39 is 11.6 Å². The van der Waals surface area contributed by atoms with E-state index in [0.717, 1.165) is 49.8 Å². The average molecular weight is 321 g/mol. The molecule has 0 aromatic rings. The fourth-order valence-corrected chi connectivity index (χ4v) is 4.30. The molecule has 0 aromatic heterocycles. The highest BCUT2D eigenvalue weighted by atomic mass is 16.2. The minimum absolute atomic E-state index is 0.124. The van der Waals surface area contributed by atoms with Gasteiger partial charge in [0.05, 0.1) is 0 Å². The zero-order chi connectivity index (χ0) is 16.4. The van der Waals surface area contributed by atoms with Crippen molar-refractivity contribution < 1.29 is 14.4 Å². The van der Waals surface area contributed by atoms with Crippen LogP contribution in [0.3, 0.4) is 0 Å². The molecule has 2 atom stereocenters. The summed E-state index contributed by atoms with van der Waals surface area (Å²) in [6, 6.07) is -0.220. The minimum atomic E-state index is -0.777. The highest BCUT2D eigenvalue weighted by molar-refractivity contribution is 6.09. The molecule has 0 unspecified atom stereocenters. The van der Waals surface area contributed by atoms with Gasteiger partial charge in [0, 0.05) is 6.04 Å². The van der Waals surface area contributed by atoms with Gasteiger partial charge in [0.15, 0.2) is 0 Å². The number of nitrogens with one attached hydrogen (secondary N) is 2. The maximum atomic E-state index is 12.8. The Labute approximate surface area is 137 Å². The second-order valence-electron chi connectivity index (χ2n) is 7.34. The fourth-order valence-electron chi connectivity index (χ4n) is 4.30. The van der Waals surface area contributed by atoms with Crippen molar-refractivity contribution in [1.82, 2.24) is 15.5 Å². The third-order valence-electron chi connectivity index (χ3n) is 5.77. The molecule has 2 saturated carbocycles. The summed E-state index contributed by atoms with van der Waals surface area (Å²) in [7, 11) is 0. The largest absolute Gasteiger partial charge is 0.352 e. The van der Waals surface area contributed by atoms with Crippen molar-refractivity contribution in [2.75, 3.05) is 6.54 Å². The number of rotatable bonds is 3. The van der Waals surface area contributed by atoms with E-state index in [1.807, 2.05) is 6.92 Å². The smallest absolute Gasteiger partial charge is 0.325 e. The molecule has 2 N–H and O–H groups in total. The van der Waals surface area contributed by atoms with Crippen LogP contribution in [0.5, 0.6) is 0 Å². The van der Waals surface area contributed by atoms with E-state index in [1.165, 1.54) is 6.42 Å². The third-order valence-corrected chi connectivity index (χ3v) is 5.77. The maximum absolute atomic E-state index is 12.8. The molecule has 23 heavy (non-hydrogen) atoms. The van der Waals surface area contributed by atoms with E-state index in [2.05, 4.69) is 10.6 Å². The van der Waals surface area contributed by atoms with Crippen LogP contribution in [-0.4, -0.2) is 40.9 Å². The number of amides is 4. The Balaban J connectivity index is 1.62. The highest BCUT2D eigenvalue weighted by Crippen LogP contribution is 2.38. The zero-order valence-electron chi connectivity index (χ0n) is 13.9. The molecule has 2 aliphatic carbocycles. The molecular weight excluding hydrogens is 294 g/mol. The first kappa shape index (κ1) is 16.3. The number of carbonyl (C=O) groups excluding carboxylic acids is 3. The van der Waals surface area contributed by atoms with Gasteiger partial charge in [-0.25, -0.2) is 4.79 Å². The molecule has 0 radical (unpaired) electrons. The monoisotopic (exact) mass is 321 g/mol. The van der Waals surface area contributed by atoms with Crippen LogP contribution in [-0.2, 0) is 9.59 Å². The van der Waals surface area contributed by atoms with E-state index in [9.17, 15) is 14.4 Å². The number of carbonyl (C=O) groups is 3. The molecule has 0 aromatic carbocycles. The average Bonchev–Trinajstić information content (AvgIpc) is 2.76. The number of nitrogens with zero attached hydrogens (tertiary/aromatic N) is 1. The lowest BCUT2D eigenvalue weighted by Crippen LogP contribution is -2.54.